The molecule has 0 saturated heterocycles. The molecule has 5 heteroatoms. The molecule has 0 aliphatic carbocycles. The Morgan fingerprint density at radius 3 is 2.52 bits per heavy atom. The van der Waals surface area contributed by atoms with Crippen LogP contribution in [0.2, 0.25) is 0 Å². The smallest absolute Gasteiger partial charge is 0.337 e. The predicted octanol–water partition coefficient (Wildman–Crippen LogP) is 2.83. The van der Waals surface area contributed by atoms with Crippen LogP contribution in [0.15, 0.2) is 42.5 Å². The van der Waals surface area contributed by atoms with Gasteiger partial charge in [-0.2, -0.15) is 0 Å². The first-order valence-corrected chi connectivity index (χ1v) is 6.42. The number of methoxy groups -OCH3 is 2. The lowest BCUT2D eigenvalue weighted by atomic mass is 10.1. The number of carbonyl (C=O) groups is 1. The van der Waals surface area contributed by atoms with Crippen molar-refractivity contribution in [2.75, 3.05) is 31.9 Å². The molecule has 0 bridgehead atoms. The maximum Gasteiger partial charge on any atom is 0.337 e. The number of carbonyl (C=O) groups excluding carboxylic acids is 1. The number of nitrogens with zero attached hydrogens (tertiary/aromatic N) is 1. The van der Waals surface area contributed by atoms with Crippen LogP contribution in [0.5, 0.6) is 5.75 Å². The lowest BCUT2D eigenvalue weighted by Crippen LogP contribution is -2.12. The van der Waals surface area contributed by atoms with E-state index >= 15 is 0 Å². The maximum atomic E-state index is 11.5. The van der Waals surface area contributed by atoms with Crippen LogP contribution in [0.3, 0.4) is 0 Å². The van der Waals surface area contributed by atoms with Crippen molar-refractivity contribution >= 4 is 23.0 Å². The van der Waals surface area contributed by atoms with E-state index in [2.05, 4.69) is 4.74 Å². The fraction of sp³-hybridized carbons (Fsp3) is 0.188. The lowest BCUT2D eigenvalue weighted by Gasteiger charge is -2.22. The van der Waals surface area contributed by atoms with Gasteiger partial charge in [-0.3, -0.25) is 0 Å². The van der Waals surface area contributed by atoms with Crippen LogP contribution < -0.4 is 15.4 Å². The Balaban J connectivity index is 2.34. The van der Waals surface area contributed by atoms with E-state index in [-0.39, 0.29) is 0 Å². The van der Waals surface area contributed by atoms with E-state index in [4.69, 9.17) is 10.5 Å². The van der Waals surface area contributed by atoms with Crippen molar-refractivity contribution in [2.45, 2.75) is 0 Å². The fourth-order valence-electron chi connectivity index (χ4n) is 2.06. The highest BCUT2D eigenvalue weighted by Crippen LogP contribution is 2.31. The molecule has 0 fully saturated rings. The van der Waals surface area contributed by atoms with E-state index in [0.29, 0.717) is 11.3 Å². The number of hydrogen-bond donors (Lipinski definition) is 1. The van der Waals surface area contributed by atoms with Gasteiger partial charge in [0.05, 0.1) is 31.2 Å². The summed E-state index contributed by atoms with van der Waals surface area (Å²) in [5, 5.41) is 0. The van der Waals surface area contributed by atoms with Gasteiger partial charge in [-0.05, 0) is 30.3 Å². The Morgan fingerprint density at radius 1 is 1.14 bits per heavy atom. The van der Waals surface area contributed by atoms with Crippen molar-refractivity contribution < 1.29 is 14.3 Å². The largest absolute Gasteiger partial charge is 0.497 e. The minimum absolute atomic E-state index is 0.405. The van der Waals surface area contributed by atoms with E-state index in [1.807, 2.05) is 36.2 Å². The summed E-state index contributed by atoms with van der Waals surface area (Å²) in [6, 6.07) is 12.7. The number of esters is 1. The van der Waals surface area contributed by atoms with Gasteiger partial charge in [0.1, 0.15) is 5.75 Å². The van der Waals surface area contributed by atoms with E-state index in [0.717, 1.165) is 17.1 Å². The summed E-state index contributed by atoms with van der Waals surface area (Å²) in [4.78, 5) is 13.4. The Morgan fingerprint density at radius 2 is 1.90 bits per heavy atom. The zero-order valence-corrected chi connectivity index (χ0v) is 12.3. The minimum atomic E-state index is -0.405. The van der Waals surface area contributed by atoms with Crippen molar-refractivity contribution in [2.24, 2.45) is 0 Å². The normalized spacial score (nSPS) is 10.0. The van der Waals surface area contributed by atoms with Crippen LogP contribution in [-0.4, -0.2) is 27.2 Å². The van der Waals surface area contributed by atoms with Gasteiger partial charge in [-0.25, -0.2) is 4.79 Å². The Labute approximate surface area is 123 Å². The quantitative estimate of drug-likeness (QED) is 0.691. The first-order chi connectivity index (χ1) is 10.1. The Bertz CT molecular complexity index is 656. The zero-order valence-electron chi connectivity index (χ0n) is 12.3. The van der Waals surface area contributed by atoms with Crippen LogP contribution in [-0.2, 0) is 4.74 Å². The van der Waals surface area contributed by atoms with Crippen molar-refractivity contribution in [3.05, 3.63) is 48.0 Å². The van der Waals surface area contributed by atoms with Gasteiger partial charge >= 0.3 is 5.97 Å². The van der Waals surface area contributed by atoms with Gasteiger partial charge in [0.25, 0.3) is 0 Å². The molecule has 0 spiro atoms. The summed E-state index contributed by atoms with van der Waals surface area (Å²) in [5.74, 6) is 0.362. The first kappa shape index (κ1) is 14.7. The molecule has 0 aliphatic rings. The third kappa shape index (κ3) is 3.08. The van der Waals surface area contributed by atoms with Crippen LogP contribution in [0.1, 0.15) is 10.4 Å². The summed E-state index contributed by atoms with van der Waals surface area (Å²) in [7, 11) is 4.87. The number of hydrogen-bond acceptors (Lipinski definition) is 5. The molecule has 0 heterocycles. The van der Waals surface area contributed by atoms with Crippen LogP contribution in [0.25, 0.3) is 0 Å². The summed E-state index contributed by atoms with van der Waals surface area (Å²) in [5.41, 5.74) is 8.71. The van der Waals surface area contributed by atoms with E-state index in [1.165, 1.54) is 7.11 Å². The van der Waals surface area contributed by atoms with Gasteiger partial charge in [-0.1, -0.05) is 6.07 Å². The third-order valence-corrected chi connectivity index (χ3v) is 3.25. The SMILES string of the molecule is COC(=O)c1ccc(N(C)c2cccc(OC)c2)c(N)c1. The molecule has 2 aromatic rings. The van der Waals surface area contributed by atoms with Crippen molar-refractivity contribution in [3.8, 4) is 5.75 Å². The summed E-state index contributed by atoms with van der Waals surface area (Å²) < 4.78 is 9.90. The van der Waals surface area contributed by atoms with Crippen LogP contribution in [0.4, 0.5) is 17.1 Å². The zero-order chi connectivity index (χ0) is 15.4. The molecule has 0 aromatic heterocycles. The molecular weight excluding hydrogens is 268 g/mol. The van der Waals surface area contributed by atoms with Crippen LogP contribution >= 0.6 is 0 Å². The monoisotopic (exact) mass is 286 g/mol. The molecule has 0 radical (unpaired) electrons. The summed E-state index contributed by atoms with van der Waals surface area (Å²) in [6.45, 7) is 0. The fourth-order valence-corrected chi connectivity index (χ4v) is 2.06. The second-order valence-electron chi connectivity index (χ2n) is 4.53. The number of benzene rings is 2. The van der Waals surface area contributed by atoms with Gasteiger partial charge in [-0.15, -0.1) is 0 Å². The maximum absolute atomic E-state index is 11.5. The van der Waals surface area contributed by atoms with E-state index in [1.54, 1.807) is 25.3 Å². The molecule has 2 rings (SSSR count). The molecule has 0 atom stereocenters. The van der Waals surface area contributed by atoms with E-state index in [9.17, 15) is 4.79 Å². The van der Waals surface area contributed by atoms with Crippen molar-refractivity contribution in [1.29, 1.82) is 0 Å². The average Bonchev–Trinajstić information content (AvgIpc) is 2.53. The number of nitrogen functional groups attached to an aromatic ring is 1. The number of anilines is 3. The molecule has 0 unspecified atom stereocenters. The van der Waals surface area contributed by atoms with Crippen molar-refractivity contribution in [3.63, 3.8) is 0 Å². The Kier molecular flexibility index (Phi) is 4.33. The molecule has 2 N–H and O–H groups in total. The van der Waals surface area contributed by atoms with Gasteiger partial charge in [0.2, 0.25) is 0 Å². The molecule has 2 aromatic carbocycles. The summed E-state index contributed by atoms with van der Waals surface area (Å²) >= 11 is 0. The van der Waals surface area contributed by atoms with Gasteiger partial charge in [0, 0.05) is 18.8 Å². The standard InChI is InChI=1S/C16H18N2O3/c1-18(12-5-4-6-13(10-12)20-2)15-8-7-11(9-14(15)17)16(19)21-3/h4-10H,17H2,1-3H3. The van der Waals surface area contributed by atoms with Crippen molar-refractivity contribution in [1.82, 2.24) is 0 Å². The second-order valence-corrected chi connectivity index (χ2v) is 4.53. The first-order valence-electron chi connectivity index (χ1n) is 6.42. The summed E-state index contributed by atoms with van der Waals surface area (Å²) in [6.07, 6.45) is 0. The molecule has 0 saturated carbocycles. The Hall–Kier alpha value is -2.69. The lowest BCUT2D eigenvalue weighted by molar-refractivity contribution is 0.0601. The molecule has 5 nitrogen and oxygen atoms in total. The van der Waals surface area contributed by atoms with E-state index < -0.39 is 5.97 Å². The second kappa shape index (κ2) is 6.17. The van der Waals surface area contributed by atoms with Crippen LogP contribution in [0, 0.1) is 0 Å². The molecule has 0 amide bonds. The molecule has 21 heavy (non-hydrogen) atoms. The number of ether oxygens (including phenoxy) is 2. The molecule has 0 aliphatic heterocycles. The highest BCUT2D eigenvalue weighted by molar-refractivity contribution is 5.92. The molecular formula is C16H18N2O3. The highest BCUT2D eigenvalue weighted by Gasteiger charge is 2.12. The third-order valence-electron chi connectivity index (χ3n) is 3.25. The minimum Gasteiger partial charge on any atom is -0.497 e. The van der Waals surface area contributed by atoms with Gasteiger partial charge in [0.15, 0.2) is 0 Å². The predicted molar refractivity (Wildman–Crippen MR) is 83.3 cm³/mol. The number of rotatable bonds is 4. The number of nitrogens with two attached hydrogens (primary N) is 1. The topological polar surface area (TPSA) is 64.8 Å². The average molecular weight is 286 g/mol. The van der Waals surface area contributed by atoms with Gasteiger partial charge < -0.3 is 20.1 Å². The molecule has 110 valence electrons. The highest BCUT2D eigenvalue weighted by atomic mass is 16.5.